The van der Waals surface area contributed by atoms with Gasteiger partial charge in [-0.2, -0.15) is 21.1 Å². The van der Waals surface area contributed by atoms with Crippen molar-refractivity contribution in [3.63, 3.8) is 0 Å². The van der Waals surface area contributed by atoms with Crippen LogP contribution in [0.4, 0.5) is 5.13 Å². The number of β-lactam (4-membered cyclic amide) rings is 1. The van der Waals surface area contributed by atoms with Gasteiger partial charge in [0.15, 0.2) is 5.13 Å². The number of aliphatic carboxylic acids is 1. The van der Waals surface area contributed by atoms with E-state index in [1.54, 1.807) is 24.0 Å². The molecule has 36 heavy (non-hydrogen) atoms. The normalized spacial score (nSPS) is 19.6. The summed E-state index contributed by atoms with van der Waals surface area (Å²) in [5, 5.41) is 24.1. The van der Waals surface area contributed by atoms with Crippen molar-refractivity contribution in [1.82, 2.24) is 24.6 Å². The molecule has 0 radical (unpaired) electrons. The summed E-state index contributed by atoms with van der Waals surface area (Å²) in [4.78, 5) is 48.6. The lowest BCUT2D eigenvalue weighted by Gasteiger charge is -2.49. The molecule has 4 rings (SSSR count). The number of amides is 2. The molecule has 2 aromatic rings. The highest BCUT2D eigenvalue weighted by Crippen LogP contribution is 2.45. The Hall–Kier alpha value is -2.82. The van der Waals surface area contributed by atoms with E-state index in [4.69, 9.17) is 5.73 Å². The fourth-order valence-corrected chi connectivity index (χ4v) is 7.43. The van der Waals surface area contributed by atoms with Crippen LogP contribution < -0.4 is 11.1 Å². The van der Waals surface area contributed by atoms with E-state index >= 15 is 0 Å². The van der Waals surface area contributed by atoms with Gasteiger partial charge in [-0.3, -0.25) is 19.5 Å². The van der Waals surface area contributed by atoms with E-state index in [9.17, 15) is 24.7 Å². The average molecular weight is 568 g/mol. The van der Waals surface area contributed by atoms with E-state index in [1.165, 1.54) is 28.4 Å². The van der Waals surface area contributed by atoms with Gasteiger partial charge in [-0.1, -0.05) is 23.8 Å². The fourth-order valence-electron chi connectivity index (χ4n) is 3.47. The van der Waals surface area contributed by atoms with Crippen LogP contribution in [0.15, 0.2) is 39.0 Å². The molecular formula is C20H21N7O5S4. The number of aromatic nitrogens is 3. The highest BCUT2D eigenvalue weighted by Gasteiger charge is 2.54. The van der Waals surface area contributed by atoms with Gasteiger partial charge in [-0.15, -0.1) is 11.8 Å². The number of carbonyl (C=O) groups excluding carboxylic acids is 2. The highest BCUT2D eigenvalue weighted by atomic mass is 32.2. The first-order valence-corrected chi connectivity index (χ1v) is 14.4. The number of thioether (sulfide) groups is 3. The number of anilines is 1. The summed E-state index contributed by atoms with van der Waals surface area (Å²) in [6, 6.07) is 2.68. The molecule has 12 nitrogen and oxygen atoms in total. The summed E-state index contributed by atoms with van der Waals surface area (Å²) in [6.45, 7) is 2.10. The molecule has 0 bridgehead atoms. The van der Waals surface area contributed by atoms with Crippen molar-refractivity contribution in [2.45, 2.75) is 35.4 Å². The van der Waals surface area contributed by atoms with Crippen LogP contribution in [0.5, 0.6) is 0 Å². The molecule has 190 valence electrons. The minimum Gasteiger partial charge on any atom is -0.477 e. The van der Waals surface area contributed by atoms with Gasteiger partial charge in [0.05, 0.1) is 5.69 Å². The van der Waals surface area contributed by atoms with Gasteiger partial charge in [0.1, 0.15) is 17.1 Å². The first-order chi connectivity index (χ1) is 17.3. The standard InChI is InChI=1S/C20H21N7O5S4/c1-2-6-33-7-9-10(4-3-5-22-9)35-11-8-34-18-13(17(29)27(18)14(11)19(30)31)23-16(28)12(25-32)15-24-20(21)36-26-15/h3-5,13,18,32H,2,6-8H2,1H3,(H,23,28)(H,30,31)(H2,21,24,26)/b25-12+. The molecule has 0 aliphatic carbocycles. The number of carboxylic acids is 1. The molecule has 1 fully saturated rings. The topological polar surface area (TPSA) is 184 Å². The predicted octanol–water partition coefficient (Wildman–Crippen LogP) is 1.83. The third-order valence-corrected chi connectivity index (χ3v) is 9.42. The van der Waals surface area contributed by atoms with Crippen LogP contribution in [0.1, 0.15) is 24.9 Å². The van der Waals surface area contributed by atoms with E-state index in [1.807, 2.05) is 6.07 Å². The lowest BCUT2D eigenvalue weighted by Crippen LogP contribution is -2.71. The fraction of sp³-hybridized carbons (Fsp3) is 0.350. The number of carboxylic acid groups (broad SMARTS) is 1. The molecule has 5 N–H and O–H groups in total. The largest absolute Gasteiger partial charge is 0.477 e. The Morgan fingerprint density at radius 2 is 2.22 bits per heavy atom. The molecule has 0 saturated carbocycles. The van der Waals surface area contributed by atoms with E-state index in [0.717, 1.165) is 34.3 Å². The lowest BCUT2D eigenvalue weighted by atomic mass is 10.0. The van der Waals surface area contributed by atoms with Gasteiger partial charge < -0.3 is 21.4 Å². The summed E-state index contributed by atoms with van der Waals surface area (Å²) in [5.74, 6) is -0.838. The number of hydrogen-bond acceptors (Lipinski definition) is 13. The van der Waals surface area contributed by atoms with Gasteiger partial charge in [0.25, 0.3) is 11.8 Å². The van der Waals surface area contributed by atoms with Crippen molar-refractivity contribution in [2.75, 3.05) is 17.2 Å². The lowest BCUT2D eigenvalue weighted by molar-refractivity contribution is -0.150. The first-order valence-electron chi connectivity index (χ1n) is 10.6. The Labute approximate surface area is 222 Å². The second-order valence-electron chi connectivity index (χ2n) is 7.45. The Bertz CT molecular complexity index is 1250. The van der Waals surface area contributed by atoms with Gasteiger partial charge >= 0.3 is 5.97 Å². The second-order valence-corrected chi connectivity index (χ2v) is 11.6. The van der Waals surface area contributed by atoms with Crippen LogP contribution in [-0.2, 0) is 20.1 Å². The van der Waals surface area contributed by atoms with Gasteiger partial charge in [0.2, 0.25) is 11.5 Å². The zero-order chi connectivity index (χ0) is 25.8. The average Bonchev–Trinajstić information content (AvgIpc) is 3.29. The first kappa shape index (κ1) is 26.2. The Morgan fingerprint density at radius 1 is 1.42 bits per heavy atom. The maximum atomic E-state index is 13.0. The molecule has 0 aromatic carbocycles. The maximum absolute atomic E-state index is 13.0. The highest BCUT2D eigenvalue weighted by molar-refractivity contribution is 8.06. The molecule has 1 saturated heterocycles. The van der Waals surface area contributed by atoms with Gasteiger partial charge in [-0.05, 0) is 24.3 Å². The monoisotopic (exact) mass is 567 g/mol. The molecule has 2 aliphatic rings. The predicted molar refractivity (Wildman–Crippen MR) is 139 cm³/mol. The Morgan fingerprint density at radius 3 is 2.89 bits per heavy atom. The van der Waals surface area contributed by atoms with E-state index in [2.05, 4.69) is 31.7 Å². The SMILES string of the molecule is CCCSCc1ncccc1SC1=C(C(=O)O)N2C(=O)C(NC(=O)/C(=N/O)c3nsc(N)n3)C2SC1. The number of nitrogen functional groups attached to an aromatic ring is 1. The number of fused-ring (bicyclic) bond motifs is 1. The molecule has 16 heteroatoms. The molecule has 2 atom stereocenters. The van der Waals surface area contributed by atoms with Gasteiger partial charge in [-0.25, -0.2) is 4.79 Å². The van der Waals surface area contributed by atoms with Crippen LogP contribution in [0.3, 0.4) is 0 Å². The molecule has 2 aliphatic heterocycles. The zero-order valence-electron chi connectivity index (χ0n) is 18.8. The molecule has 2 unspecified atom stereocenters. The second kappa shape index (κ2) is 11.5. The van der Waals surface area contributed by atoms with E-state index in [-0.39, 0.29) is 16.7 Å². The number of carbonyl (C=O) groups is 3. The number of rotatable bonds is 10. The van der Waals surface area contributed by atoms with E-state index < -0.39 is 34.9 Å². The third-order valence-electron chi connectivity index (χ3n) is 5.06. The summed E-state index contributed by atoms with van der Waals surface area (Å²) in [6.07, 6.45) is 2.75. The molecule has 0 spiro atoms. The minimum absolute atomic E-state index is 0.0784. The number of nitrogens with one attached hydrogen (secondary N) is 1. The Balaban J connectivity index is 1.51. The number of hydrogen-bond donors (Lipinski definition) is 4. The van der Waals surface area contributed by atoms with Crippen LogP contribution in [0.2, 0.25) is 0 Å². The maximum Gasteiger partial charge on any atom is 0.353 e. The van der Waals surface area contributed by atoms with Gasteiger partial charge in [0, 0.05) is 39.0 Å². The number of oxime groups is 1. The van der Waals surface area contributed by atoms with Crippen LogP contribution >= 0.6 is 46.8 Å². The number of nitrogens with two attached hydrogens (primary N) is 1. The van der Waals surface area contributed by atoms with Crippen molar-refractivity contribution in [3.8, 4) is 0 Å². The van der Waals surface area contributed by atoms with E-state index in [0.29, 0.717) is 16.4 Å². The van der Waals surface area contributed by atoms with Crippen molar-refractivity contribution >= 4 is 75.4 Å². The van der Waals surface area contributed by atoms with Crippen LogP contribution in [0, 0.1) is 0 Å². The van der Waals surface area contributed by atoms with Crippen molar-refractivity contribution < 1.29 is 24.7 Å². The number of nitrogens with zero attached hydrogens (tertiary/aromatic N) is 5. The number of pyridine rings is 1. The summed E-state index contributed by atoms with van der Waals surface area (Å²) < 4.78 is 3.83. The van der Waals surface area contributed by atoms with Crippen LogP contribution in [-0.4, -0.2) is 76.0 Å². The molecule has 2 aromatic heterocycles. The molecular weight excluding hydrogens is 547 g/mol. The Kier molecular flexibility index (Phi) is 8.38. The van der Waals surface area contributed by atoms with Crippen molar-refractivity contribution in [2.24, 2.45) is 5.16 Å². The van der Waals surface area contributed by atoms with Crippen molar-refractivity contribution in [1.29, 1.82) is 0 Å². The quantitative estimate of drug-likeness (QED) is 0.107. The van der Waals surface area contributed by atoms with Crippen LogP contribution in [0.25, 0.3) is 0 Å². The summed E-state index contributed by atoms with van der Waals surface area (Å²) in [5.41, 5.74) is 5.77. The molecule has 2 amide bonds. The summed E-state index contributed by atoms with van der Waals surface area (Å²) in [7, 11) is 0. The smallest absolute Gasteiger partial charge is 0.353 e. The summed E-state index contributed by atoms with van der Waals surface area (Å²) >= 11 is 5.20. The molecule has 4 heterocycles. The third kappa shape index (κ3) is 5.30. The minimum atomic E-state index is -1.23. The van der Waals surface area contributed by atoms with Crippen molar-refractivity contribution in [3.05, 3.63) is 40.5 Å². The zero-order valence-corrected chi connectivity index (χ0v) is 22.0.